The van der Waals surface area contributed by atoms with Gasteiger partial charge >= 0.3 is 41.6 Å². The van der Waals surface area contributed by atoms with E-state index in [1.807, 2.05) is 0 Å². The molecule has 62 heavy (non-hydrogen) atoms. The van der Waals surface area contributed by atoms with E-state index in [0.29, 0.717) is 86.2 Å². The molecule has 4 amide bonds. The fourth-order valence-electron chi connectivity index (χ4n) is 8.53. The number of hydrogen-bond donors (Lipinski definition) is 7. The predicted molar refractivity (Wildman–Crippen MR) is 222 cm³/mol. The van der Waals surface area contributed by atoms with Crippen molar-refractivity contribution in [1.29, 1.82) is 0 Å². The predicted octanol–water partition coefficient (Wildman–Crippen LogP) is 2.99. The van der Waals surface area contributed by atoms with Gasteiger partial charge in [0.1, 0.15) is 23.3 Å². The fourth-order valence-corrected chi connectivity index (χ4v) is 8.53. The molecule has 0 aromatic heterocycles. The number of fused-ring (bicyclic) bond motifs is 2. The van der Waals surface area contributed by atoms with Crippen LogP contribution >= 0.6 is 0 Å². The van der Waals surface area contributed by atoms with Crippen LogP contribution in [0.2, 0.25) is 0 Å². The molecule has 0 saturated carbocycles. The second-order valence-electron chi connectivity index (χ2n) is 16.0. The van der Waals surface area contributed by atoms with E-state index in [9.17, 15) is 37.1 Å². The van der Waals surface area contributed by atoms with Crippen LogP contribution in [0.4, 0.5) is 38.5 Å². The number of Topliss-reactive ketones (excluding diaryl/α,β-unsaturated/α-hetero) is 1. The first kappa shape index (κ1) is 48.4. The minimum atomic E-state index is -0.739. The maximum absolute atomic E-state index is 13.5. The van der Waals surface area contributed by atoms with Crippen LogP contribution in [0.5, 0.6) is 0 Å². The number of halogens is 4. The Kier molecular flexibility index (Phi) is 16.1. The molecule has 0 bridgehead atoms. The summed E-state index contributed by atoms with van der Waals surface area (Å²) >= 11 is 0. The van der Waals surface area contributed by atoms with E-state index in [2.05, 4.69) is 21.3 Å². The Morgan fingerprint density at radius 2 is 1.16 bits per heavy atom. The number of piperidine rings is 2. The summed E-state index contributed by atoms with van der Waals surface area (Å²) in [5.74, 6) is -1.84. The number of nitrogens with one attached hydrogen (secondary N) is 4. The van der Waals surface area contributed by atoms with E-state index in [-0.39, 0.29) is 99.2 Å². The quantitative estimate of drug-likeness (QED) is 0.115. The zero-order valence-corrected chi connectivity index (χ0v) is 36.5. The summed E-state index contributed by atoms with van der Waals surface area (Å²) in [5.41, 5.74) is 3.38. The molecule has 4 heterocycles. The second kappa shape index (κ2) is 20.7. The Balaban J connectivity index is 0.000000264. The van der Waals surface area contributed by atoms with Crippen LogP contribution in [0, 0.1) is 23.3 Å². The normalized spacial score (nSPS) is 18.0. The molecule has 1 unspecified atom stereocenters. The van der Waals surface area contributed by atoms with Crippen LogP contribution in [-0.2, 0) is 26.3 Å². The number of aliphatic hydroxyl groups is 3. The molecule has 7 N–H and O–H groups in total. The molecule has 2 spiro atoms. The Labute approximate surface area is 382 Å². The average Bonchev–Trinajstić information content (AvgIpc) is 3.24. The van der Waals surface area contributed by atoms with Gasteiger partial charge in [-0.05, 0) is 97.5 Å². The van der Waals surface area contributed by atoms with Gasteiger partial charge in [0.2, 0.25) is 0 Å². The Hall–Kier alpha value is -4.65. The number of rotatable bonds is 6. The van der Waals surface area contributed by atoms with Gasteiger partial charge in [-0.1, -0.05) is 12.1 Å². The average molecular weight is 868 g/mol. The summed E-state index contributed by atoms with van der Waals surface area (Å²) in [7, 11) is 0. The first-order valence-corrected chi connectivity index (χ1v) is 20.0. The number of anilines is 2. The molecule has 12 nitrogen and oxygen atoms in total. The van der Waals surface area contributed by atoms with E-state index in [1.165, 1.54) is 48.5 Å². The molecule has 18 heteroatoms. The number of hydrogen-bond acceptors (Lipinski definition) is 8. The summed E-state index contributed by atoms with van der Waals surface area (Å²) in [5, 5.41) is 41.3. The molecule has 8 rings (SSSR count). The van der Waals surface area contributed by atoms with Crippen molar-refractivity contribution in [2.45, 2.75) is 82.0 Å². The van der Waals surface area contributed by atoms with Gasteiger partial charge in [-0.2, -0.15) is 0 Å². The van der Waals surface area contributed by atoms with E-state index in [0.717, 1.165) is 5.69 Å². The van der Waals surface area contributed by atoms with Crippen molar-refractivity contribution < 1.29 is 78.2 Å². The molecule has 2 fully saturated rings. The van der Waals surface area contributed by atoms with Crippen molar-refractivity contribution >= 4 is 37.6 Å². The fraction of sp³-hybridized carbons (Fsp3) is 0.386. The van der Waals surface area contributed by atoms with E-state index >= 15 is 0 Å². The summed E-state index contributed by atoms with van der Waals surface area (Å²) in [4.78, 5) is 41.0. The number of ketones is 1. The Morgan fingerprint density at radius 1 is 0.694 bits per heavy atom. The molecule has 4 aliphatic rings. The topological polar surface area (TPSA) is 166 Å². The monoisotopic (exact) mass is 867 g/mol. The first-order valence-electron chi connectivity index (χ1n) is 20.0. The van der Waals surface area contributed by atoms with Crippen molar-refractivity contribution in [2.75, 3.05) is 36.8 Å². The van der Waals surface area contributed by atoms with Crippen LogP contribution in [-0.4, -0.2) is 88.6 Å². The molecule has 1 atom stereocenters. The van der Waals surface area contributed by atoms with Gasteiger partial charge in [-0.25, -0.2) is 27.2 Å². The number of carbonyl (C=O) groups excluding carboxylic acids is 3. The minimum Gasteiger partial charge on any atom is -1.00 e. The van der Waals surface area contributed by atoms with E-state index < -0.39 is 42.3 Å². The Morgan fingerprint density at radius 3 is 1.68 bits per heavy atom. The number of urea groups is 2. The van der Waals surface area contributed by atoms with Crippen LogP contribution in [0.3, 0.4) is 0 Å². The number of amides is 4. The van der Waals surface area contributed by atoms with Crippen LogP contribution < -0.4 is 50.8 Å². The molecular weight excluding hydrogens is 818 g/mol. The van der Waals surface area contributed by atoms with E-state index in [4.69, 9.17) is 10.2 Å². The molecule has 4 aromatic carbocycles. The van der Waals surface area contributed by atoms with Gasteiger partial charge in [0.05, 0.1) is 19.3 Å². The summed E-state index contributed by atoms with van der Waals surface area (Å²) in [6, 6.07) is 16.9. The molecular formula is C44H49BF4N6NaO6. The SMILES string of the molecule is O=C(NCc1ccc(F)c(CO)c1)N1CCC2(CC1)CC(O)c1cc(F)ccc1N2.O=C1CC2(CCN(C(=O)NCc3ccc(F)c(CO)c3)CC2)Nc2ccc(F)cc21.[B].[H-].[Na+]. The smallest absolute Gasteiger partial charge is 1.00 e. The van der Waals surface area contributed by atoms with Crippen molar-refractivity contribution in [3.63, 3.8) is 0 Å². The third-order valence-corrected chi connectivity index (χ3v) is 12.0. The number of likely N-dealkylation sites (tertiary alicyclic amines) is 2. The molecule has 323 valence electrons. The summed E-state index contributed by atoms with van der Waals surface area (Å²) in [6.45, 7) is 1.68. The standard InChI is InChI=1S/C22H25F2N3O3.C22H23F2N3O3.B.Na.H/c2*23-16-2-4-19-17(10-16)20(29)11-22(26-19)5-7-27(8-6-22)21(30)25-12-14-1-3-18(24)15(9-14)13-28;;;/h1-4,9-10,20,26,28-29H,5-8,11-13H2,(H,25,30);1-4,9-10,26,28H,5-8,11-13H2,(H,25,30);;;/q;;;+1;-1. The van der Waals surface area contributed by atoms with Crippen molar-refractivity contribution in [1.82, 2.24) is 20.4 Å². The van der Waals surface area contributed by atoms with Crippen LogP contribution in [0.25, 0.3) is 0 Å². The second-order valence-corrected chi connectivity index (χ2v) is 16.0. The maximum Gasteiger partial charge on any atom is 1.00 e. The van der Waals surface area contributed by atoms with Crippen LogP contribution in [0.15, 0.2) is 72.8 Å². The van der Waals surface area contributed by atoms with Crippen molar-refractivity contribution in [3.05, 3.63) is 129 Å². The summed E-state index contributed by atoms with van der Waals surface area (Å²) in [6.07, 6.45) is 2.55. The van der Waals surface area contributed by atoms with Crippen LogP contribution in [0.1, 0.15) is 84.2 Å². The molecule has 3 radical (unpaired) electrons. The number of carbonyl (C=O) groups is 3. The first-order chi connectivity index (χ1) is 28.8. The van der Waals surface area contributed by atoms with E-state index in [1.54, 1.807) is 34.1 Å². The summed E-state index contributed by atoms with van der Waals surface area (Å²) < 4.78 is 53.9. The molecule has 0 aliphatic carbocycles. The maximum atomic E-state index is 13.5. The van der Waals surface area contributed by atoms with Gasteiger partial charge in [0.15, 0.2) is 5.78 Å². The minimum absolute atomic E-state index is 0. The third-order valence-electron chi connectivity index (χ3n) is 12.0. The van der Waals surface area contributed by atoms with Gasteiger partial charge < -0.3 is 47.8 Å². The van der Waals surface area contributed by atoms with Crippen molar-refractivity contribution in [2.24, 2.45) is 0 Å². The van der Waals surface area contributed by atoms with Gasteiger partial charge in [-0.3, -0.25) is 4.79 Å². The Bertz CT molecular complexity index is 2270. The van der Waals surface area contributed by atoms with Gasteiger partial charge in [-0.15, -0.1) is 0 Å². The number of aliphatic hydroxyl groups excluding tert-OH is 3. The molecule has 2 saturated heterocycles. The molecule has 4 aliphatic heterocycles. The largest absolute Gasteiger partial charge is 1.00 e. The van der Waals surface area contributed by atoms with Gasteiger partial charge in [0, 0.05) is 105 Å². The van der Waals surface area contributed by atoms with Gasteiger partial charge in [0.25, 0.3) is 0 Å². The number of benzene rings is 4. The van der Waals surface area contributed by atoms with Crippen molar-refractivity contribution in [3.8, 4) is 0 Å². The number of nitrogens with zero attached hydrogens (tertiary/aromatic N) is 2. The molecule has 4 aromatic rings. The zero-order valence-electron chi connectivity index (χ0n) is 35.5. The zero-order chi connectivity index (χ0) is 42.6. The third kappa shape index (κ3) is 11.1.